The third kappa shape index (κ3) is 2.09. The number of fused-ring (bicyclic) bond motifs is 5. The first-order chi connectivity index (χ1) is 11.8. The largest absolute Gasteiger partial charge is 0.235 e. The summed E-state index contributed by atoms with van der Waals surface area (Å²) in [6.07, 6.45) is 0. The topological polar surface area (TPSA) is 12.9 Å². The smallest absolute Gasteiger partial charge is 0.124 e. The van der Waals surface area contributed by atoms with E-state index in [-0.39, 0.29) is 0 Å². The van der Waals surface area contributed by atoms with Gasteiger partial charge in [0.15, 0.2) is 0 Å². The molecule has 114 valence electrons. The second-order valence-corrected chi connectivity index (χ2v) is 7.68. The predicted octanol–water partition coefficient (Wildman–Crippen LogP) is 7.03. The van der Waals surface area contributed by atoms with E-state index in [4.69, 9.17) is 4.98 Å². The van der Waals surface area contributed by atoms with Crippen LogP contribution >= 0.6 is 27.3 Å². The van der Waals surface area contributed by atoms with Gasteiger partial charge in [-0.3, -0.25) is 0 Å². The minimum atomic E-state index is 1.07. The molecule has 0 saturated heterocycles. The molecule has 0 N–H and O–H groups in total. The number of halogens is 1. The van der Waals surface area contributed by atoms with Crippen molar-refractivity contribution in [1.82, 2.24) is 4.98 Å². The molecule has 0 aliphatic rings. The Morgan fingerprint density at radius 3 is 2.25 bits per heavy atom. The summed E-state index contributed by atoms with van der Waals surface area (Å²) in [6.45, 7) is 0. The lowest BCUT2D eigenvalue weighted by Gasteiger charge is -2.06. The van der Waals surface area contributed by atoms with Gasteiger partial charge < -0.3 is 0 Å². The van der Waals surface area contributed by atoms with Crippen LogP contribution in [-0.4, -0.2) is 4.98 Å². The minimum Gasteiger partial charge on any atom is -0.235 e. The van der Waals surface area contributed by atoms with Gasteiger partial charge >= 0.3 is 0 Å². The lowest BCUT2D eigenvalue weighted by Crippen LogP contribution is -1.81. The Hall–Kier alpha value is -2.23. The van der Waals surface area contributed by atoms with Crippen molar-refractivity contribution < 1.29 is 0 Å². The highest BCUT2D eigenvalue weighted by atomic mass is 79.9. The molecule has 5 aromatic rings. The number of nitrogens with zero attached hydrogens (tertiary/aromatic N) is 1. The van der Waals surface area contributed by atoms with Gasteiger partial charge in [0.1, 0.15) is 5.01 Å². The van der Waals surface area contributed by atoms with Gasteiger partial charge in [-0.25, -0.2) is 4.98 Å². The predicted molar refractivity (Wildman–Crippen MR) is 108 cm³/mol. The molecule has 1 aromatic heterocycles. The summed E-state index contributed by atoms with van der Waals surface area (Å²) in [5.41, 5.74) is 2.26. The van der Waals surface area contributed by atoms with Crippen molar-refractivity contribution in [2.75, 3.05) is 0 Å². The summed E-state index contributed by atoms with van der Waals surface area (Å²) in [4.78, 5) is 4.96. The van der Waals surface area contributed by atoms with Crippen LogP contribution in [0.4, 0.5) is 0 Å². The summed E-state index contributed by atoms with van der Waals surface area (Å²) in [5, 5.41) is 6.03. The van der Waals surface area contributed by atoms with E-state index in [9.17, 15) is 0 Å². The average Bonchev–Trinajstić information content (AvgIpc) is 3.08. The molecule has 0 aliphatic carbocycles. The van der Waals surface area contributed by atoms with Crippen LogP contribution in [-0.2, 0) is 0 Å². The van der Waals surface area contributed by atoms with Crippen molar-refractivity contribution in [2.24, 2.45) is 0 Å². The molecule has 24 heavy (non-hydrogen) atoms. The van der Waals surface area contributed by atoms with Crippen LogP contribution in [0.2, 0.25) is 0 Å². The molecule has 0 saturated carbocycles. The van der Waals surface area contributed by atoms with Gasteiger partial charge in [0.2, 0.25) is 0 Å². The molecule has 5 rings (SSSR count). The van der Waals surface area contributed by atoms with Gasteiger partial charge in [0.25, 0.3) is 0 Å². The third-order valence-electron chi connectivity index (χ3n) is 4.37. The lowest BCUT2D eigenvalue weighted by atomic mass is 10.0. The van der Waals surface area contributed by atoms with E-state index in [1.165, 1.54) is 31.8 Å². The number of benzene rings is 4. The van der Waals surface area contributed by atoms with Crippen molar-refractivity contribution in [3.05, 3.63) is 77.3 Å². The fourth-order valence-corrected chi connectivity index (χ4v) is 4.79. The number of hydrogen-bond acceptors (Lipinski definition) is 2. The van der Waals surface area contributed by atoms with Crippen molar-refractivity contribution in [3.63, 3.8) is 0 Å². The molecular weight excluding hydrogens is 378 g/mol. The van der Waals surface area contributed by atoms with Crippen LogP contribution in [0.25, 0.3) is 42.3 Å². The molecular formula is C21H12BrNS. The zero-order valence-corrected chi connectivity index (χ0v) is 15.1. The summed E-state index contributed by atoms with van der Waals surface area (Å²) in [7, 11) is 0. The van der Waals surface area contributed by atoms with Gasteiger partial charge in [0.05, 0.1) is 10.2 Å². The van der Waals surface area contributed by atoms with Gasteiger partial charge in [-0.05, 0) is 28.3 Å². The van der Waals surface area contributed by atoms with E-state index in [0.717, 1.165) is 15.0 Å². The Morgan fingerprint density at radius 1 is 0.708 bits per heavy atom. The zero-order chi connectivity index (χ0) is 16.1. The molecule has 0 fully saturated rings. The SMILES string of the molecule is Brc1cc2c(ccc3sc(-c4ccccc4)nc32)c2ccccc12. The molecule has 1 heterocycles. The molecule has 0 atom stereocenters. The monoisotopic (exact) mass is 389 g/mol. The van der Waals surface area contributed by atoms with Crippen LogP contribution in [0.5, 0.6) is 0 Å². The van der Waals surface area contributed by atoms with E-state index in [1.54, 1.807) is 11.3 Å². The quantitative estimate of drug-likeness (QED) is 0.280. The maximum absolute atomic E-state index is 4.96. The molecule has 0 unspecified atom stereocenters. The first-order valence-corrected chi connectivity index (χ1v) is 9.38. The van der Waals surface area contributed by atoms with Gasteiger partial charge in [-0.1, -0.05) is 76.6 Å². The van der Waals surface area contributed by atoms with E-state index in [2.05, 4.69) is 82.7 Å². The zero-order valence-electron chi connectivity index (χ0n) is 12.7. The molecule has 0 radical (unpaired) electrons. The Labute approximate surface area is 151 Å². The van der Waals surface area contributed by atoms with Crippen LogP contribution in [0, 0.1) is 0 Å². The molecule has 1 nitrogen and oxygen atoms in total. The second-order valence-electron chi connectivity index (χ2n) is 5.80. The molecule has 3 heteroatoms. The number of aromatic nitrogens is 1. The van der Waals surface area contributed by atoms with E-state index >= 15 is 0 Å². The normalized spacial score (nSPS) is 11.5. The average molecular weight is 390 g/mol. The number of thiazole rings is 1. The molecule has 0 bridgehead atoms. The van der Waals surface area contributed by atoms with E-state index < -0.39 is 0 Å². The van der Waals surface area contributed by atoms with Crippen LogP contribution in [0.3, 0.4) is 0 Å². The van der Waals surface area contributed by atoms with Crippen LogP contribution < -0.4 is 0 Å². The summed E-state index contributed by atoms with van der Waals surface area (Å²) < 4.78 is 2.34. The van der Waals surface area contributed by atoms with Crippen LogP contribution in [0.15, 0.2) is 77.3 Å². The first kappa shape index (κ1) is 14.1. The fourth-order valence-electron chi connectivity index (χ4n) is 3.23. The lowest BCUT2D eigenvalue weighted by molar-refractivity contribution is 1.49. The summed E-state index contributed by atoms with van der Waals surface area (Å²) in [5.74, 6) is 0. The van der Waals surface area contributed by atoms with Crippen molar-refractivity contribution in [3.8, 4) is 10.6 Å². The van der Waals surface area contributed by atoms with Crippen molar-refractivity contribution >= 4 is 59.0 Å². The Bertz CT molecular complexity index is 1210. The Morgan fingerprint density at radius 2 is 1.42 bits per heavy atom. The van der Waals surface area contributed by atoms with E-state index in [1.807, 2.05) is 6.07 Å². The first-order valence-electron chi connectivity index (χ1n) is 7.77. The summed E-state index contributed by atoms with van der Waals surface area (Å²) in [6, 6.07) is 25.5. The molecule has 0 amide bonds. The van der Waals surface area contributed by atoms with E-state index in [0.29, 0.717) is 0 Å². The Kier molecular flexibility index (Phi) is 3.18. The minimum absolute atomic E-state index is 1.07. The standard InChI is InChI=1S/C21H12BrNS/c22-18-12-17-15(14-8-4-5-9-16(14)18)10-11-19-20(17)23-21(24-19)13-6-2-1-3-7-13/h1-12H. The van der Waals surface area contributed by atoms with Gasteiger partial charge in [0, 0.05) is 15.4 Å². The highest BCUT2D eigenvalue weighted by Gasteiger charge is 2.12. The second kappa shape index (κ2) is 5.40. The summed E-state index contributed by atoms with van der Waals surface area (Å²) >= 11 is 5.48. The maximum Gasteiger partial charge on any atom is 0.124 e. The molecule has 4 aromatic carbocycles. The molecule has 0 aliphatic heterocycles. The number of hydrogen-bond donors (Lipinski definition) is 0. The fraction of sp³-hybridized carbons (Fsp3) is 0. The highest BCUT2D eigenvalue weighted by Crippen LogP contribution is 2.38. The third-order valence-corrected chi connectivity index (χ3v) is 6.09. The van der Waals surface area contributed by atoms with Crippen molar-refractivity contribution in [2.45, 2.75) is 0 Å². The van der Waals surface area contributed by atoms with Crippen LogP contribution in [0.1, 0.15) is 0 Å². The maximum atomic E-state index is 4.96. The van der Waals surface area contributed by atoms with Gasteiger partial charge in [-0.2, -0.15) is 0 Å². The van der Waals surface area contributed by atoms with Gasteiger partial charge in [-0.15, -0.1) is 11.3 Å². The molecule has 0 spiro atoms. The Balaban J connectivity index is 1.89. The van der Waals surface area contributed by atoms with Crippen molar-refractivity contribution in [1.29, 1.82) is 0 Å². The highest BCUT2D eigenvalue weighted by molar-refractivity contribution is 9.10. The number of rotatable bonds is 1.